The number of fused-ring (bicyclic) bond motifs is 9. The highest BCUT2D eigenvalue weighted by atomic mass is 16.5. The molecule has 170 valence electrons. The molecule has 2 heterocycles. The predicted octanol–water partition coefficient (Wildman–Crippen LogP) is 3.96. The van der Waals surface area contributed by atoms with E-state index in [2.05, 4.69) is 43.1 Å². The molecule has 3 aliphatic carbocycles. The summed E-state index contributed by atoms with van der Waals surface area (Å²) < 4.78 is 6.15. The van der Waals surface area contributed by atoms with Crippen LogP contribution >= 0.6 is 0 Å². The number of carbonyl (C=O) groups is 1. The number of aromatic amines is 1. The number of ketones is 1. The average molecular weight is 436 g/mol. The first kappa shape index (κ1) is 20.6. The third-order valence-corrected chi connectivity index (χ3v) is 9.74. The van der Waals surface area contributed by atoms with Crippen LogP contribution in [0.3, 0.4) is 0 Å². The van der Waals surface area contributed by atoms with Crippen LogP contribution < -0.4 is 0 Å². The largest absolute Gasteiger partial charge is 0.387 e. The number of carbonyl (C=O) groups excluding carboxylic acids is 1. The molecule has 0 unspecified atom stereocenters. The van der Waals surface area contributed by atoms with Gasteiger partial charge in [0.15, 0.2) is 5.78 Å². The highest BCUT2D eigenvalue weighted by molar-refractivity contribution is 5.96. The van der Waals surface area contributed by atoms with Gasteiger partial charge in [0.05, 0.1) is 17.3 Å². The first-order chi connectivity index (χ1) is 15.0. The number of hydrogen-bond donors (Lipinski definition) is 3. The lowest BCUT2D eigenvalue weighted by molar-refractivity contribution is -0.195. The van der Waals surface area contributed by atoms with Crippen LogP contribution in [-0.4, -0.2) is 44.4 Å². The molecule has 5 nitrogen and oxygen atoms in total. The maximum absolute atomic E-state index is 13.0. The second kappa shape index (κ2) is 6.13. The number of hydrogen-bond acceptors (Lipinski definition) is 4. The molecule has 5 heteroatoms. The van der Waals surface area contributed by atoms with Crippen molar-refractivity contribution in [3.05, 3.63) is 47.2 Å². The molecule has 4 aliphatic rings. The van der Waals surface area contributed by atoms with E-state index in [1.807, 2.05) is 0 Å². The Hall–Kier alpha value is -1.95. The van der Waals surface area contributed by atoms with Crippen LogP contribution in [-0.2, 0) is 21.4 Å². The zero-order valence-corrected chi connectivity index (χ0v) is 19.4. The van der Waals surface area contributed by atoms with Gasteiger partial charge in [0, 0.05) is 27.4 Å². The fraction of sp³-hybridized carbons (Fsp3) is 0.593. The lowest BCUT2D eigenvalue weighted by Gasteiger charge is -2.64. The van der Waals surface area contributed by atoms with E-state index < -0.39 is 22.7 Å². The molecule has 2 aromatic rings. The minimum Gasteiger partial charge on any atom is -0.387 e. The van der Waals surface area contributed by atoms with Gasteiger partial charge in [-0.3, -0.25) is 4.79 Å². The molecule has 32 heavy (non-hydrogen) atoms. The highest BCUT2D eigenvalue weighted by Crippen LogP contribution is 2.69. The van der Waals surface area contributed by atoms with Crippen LogP contribution in [0.1, 0.15) is 64.6 Å². The van der Waals surface area contributed by atoms with Crippen molar-refractivity contribution in [1.29, 1.82) is 0 Å². The molecule has 0 radical (unpaired) electrons. The standard InChI is InChI=1S/C27H33NO4/c1-24(2,30)23-20(29)14-18-21(32-23)10-11-25(3)26(4)15(9-12-27(18,25)31)13-17-16-7-5-6-8-19(16)28-22(17)26/h5-8,14-15,21,23,28,30-31H,9-13H2,1-4H3/t15-,21-,23+,25+,26+,27+/m0/s1. The van der Waals surface area contributed by atoms with Crippen molar-refractivity contribution >= 4 is 16.7 Å². The Morgan fingerprint density at radius 1 is 1.16 bits per heavy atom. The highest BCUT2D eigenvalue weighted by Gasteiger charge is 2.70. The fourth-order valence-corrected chi connectivity index (χ4v) is 7.82. The Kier molecular flexibility index (Phi) is 3.96. The molecule has 6 atom stereocenters. The molecule has 0 saturated heterocycles. The van der Waals surface area contributed by atoms with Crippen molar-refractivity contribution in [2.45, 2.75) is 88.6 Å². The van der Waals surface area contributed by atoms with E-state index in [-0.39, 0.29) is 17.3 Å². The van der Waals surface area contributed by atoms with Gasteiger partial charge < -0.3 is 19.9 Å². The molecule has 3 N–H and O–H groups in total. The molecule has 1 aromatic carbocycles. The topological polar surface area (TPSA) is 82.5 Å². The molecular formula is C27H33NO4. The van der Waals surface area contributed by atoms with Crippen LogP contribution in [0.15, 0.2) is 35.9 Å². The molecule has 1 aromatic heterocycles. The quantitative estimate of drug-likeness (QED) is 0.633. The van der Waals surface area contributed by atoms with Crippen molar-refractivity contribution < 1.29 is 19.7 Å². The normalized spacial score (nSPS) is 41.0. The average Bonchev–Trinajstić information content (AvgIpc) is 3.24. The molecule has 0 bridgehead atoms. The predicted molar refractivity (Wildman–Crippen MR) is 122 cm³/mol. The summed E-state index contributed by atoms with van der Waals surface area (Å²) in [5.74, 6) is 0.214. The van der Waals surface area contributed by atoms with Gasteiger partial charge >= 0.3 is 0 Å². The first-order valence-corrected chi connectivity index (χ1v) is 12.0. The lowest BCUT2D eigenvalue weighted by atomic mass is 9.42. The summed E-state index contributed by atoms with van der Waals surface area (Å²) >= 11 is 0. The van der Waals surface area contributed by atoms with E-state index in [9.17, 15) is 15.0 Å². The minimum absolute atomic E-state index is 0.226. The summed E-state index contributed by atoms with van der Waals surface area (Å²) in [5.41, 5.74) is 1.53. The molecule has 0 amide bonds. The van der Waals surface area contributed by atoms with Gasteiger partial charge in [-0.1, -0.05) is 32.0 Å². The number of aromatic nitrogens is 1. The van der Waals surface area contributed by atoms with Crippen LogP contribution in [0.2, 0.25) is 0 Å². The van der Waals surface area contributed by atoms with Gasteiger partial charge in [-0.25, -0.2) is 0 Å². The Labute approximate surface area is 188 Å². The van der Waals surface area contributed by atoms with E-state index >= 15 is 0 Å². The van der Waals surface area contributed by atoms with Crippen LogP contribution in [0, 0.1) is 11.3 Å². The van der Waals surface area contributed by atoms with Crippen molar-refractivity contribution in [2.24, 2.45) is 11.3 Å². The van der Waals surface area contributed by atoms with E-state index in [0.29, 0.717) is 12.3 Å². The third kappa shape index (κ3) is 2.27. The van der Waals surface area contributed by atoms with Gasteiger partial charge in [0.2, 0.25) is 0 Å². The van der Waals surface area contributed by atoms with E-state index in [4.69, 9.17) is 4.74 Å². The van der Waals surface area contributed by atoms with Crippen molar-refractivity contribution in [2.75, 3.05) is 0 Å². The Morgan fingerprint density at radius 3 is 2.66 bits per heavy atom. The molecular weight excluding hydrogens is 402 g/mol. The maximum atomic E-state index is 13.0. The summed E-state index contributed by atoms with van der Waals surface area (Å²) in [5, 5.41) is 24.1. The zero-order valence-electron chi connectivity index (χ0n) is 19.4. The zero-order chi connectivity index (χ0) is 22.7. The maximum Gasteiger partial charge on any atom is 0.187 e. The Morgan fingerprint density at radius 2 is 1.91 bits per heavy atom. The van der Waals surface area contributed by atoms with Crippen molar-refractivity contribution in [1.82, 2.24) is 4.98 Å². The summed E-state index contributed by atoms with van der Waals surface area (Å²) in [6.07, 6.45) is 4.51. The number of nitrogens with one attached hydrogen (secondary N) is 1. The summed E-state index contributed by atoms with van der Waals surface area (Å²) in [6, 6.07) is 8.49. The monoisotopic (exact) mass is 435 g/mol. The summed E-state index contributed by atoms with van der Waals surface area (Å²) in [7, 11) is 0. The molecule has 1 aliphatic heterocycles. The summed E-state index contributed by atoms with van der Waals surface area (Å²) in [6.45, 7) is 7.77. The Bertz CT molecular complexity index is 1170. The molecule has 2 fully saturated rings. The third-order valence-electron chi connectivity index (χ3n) is 9.74. The molecule has 6 rings (SSSR count). The molecule has 2 saturated carbocycles. The smallest absolute Gasteiger partial charge is 0.187 e. The van der Waals surface area contributed by atoms with E-state index in [0.717, 1.165) is 36.8 Å². The number of benzene rings is 1. The lowest BCUT2D eigenvalue weighted by Crippen LogP contribution is -2.68. The minimum atomic E-state index is -1.25. The first-order valence-electron chi connectivity index (χ1n) is 12.0. The van der Waals surface area contributed by atoms with Gasteiger partial charge in [-0.2, -0.15) is 0 Å². The number of rotatable bonds is 1. The van der Waals surface area contributed by atoms with Gasteiger partial charge in [-0.15, -0.1) is 0 Å². The van der Waals surface area contributed by atoms with Crippen LogP contribution in [0.5, 0.6) is 0 Å². The number of aliphatic hydroxyl groups is 2. The van der Waals surface area contributed by atoms with Gasteiger partial charge in [0.1, 0.15) is 6.10 Å². The van der Waals surface area contributed by atoms with Crippen LogP contribution in [0.4, 0.5) is 0 Å². The number of ether oxygens (including phenoxy) is 1. The van der Waals surface area contributed by atoms with Crippen molar-refractivity contribution in [3.63, 3.8) is 0 Å². The SMILES string of the molecule is CC(C)(O)[C@@H]1O[C@H]2CC[C@@]3(C)[C@@](O)(CC[C@H]4Cc5c([nH]c6ccccc56)[C@@]43C)C2=CC1=O. The number of H-pyrrole nitrogens is 1. The van der Waals surface area contributed by atoms with E-state index in [1.54, 1.807) is 19.9 Å². The van der Waals surface area contributed by atoms with Gasteiger partial charge in [-0.05, 0) is 75.1 Å². The van der Waals surface area contributed by atoms with E-state index in [1.165, 1.54) is 16.6 Å². The van der Waals surface area contributed by atoms with Crippen LogP contribution in [0.25, 0.3) is 10.9 Å². The summed E-state index contributed by atoms with van der Waals surface area (Å²) in [4.78, 5) is 16.7. The van der Waals surface area contributed by atoms with Crippen molar-refractivity contribution in [3.8, 4) is 0 Å². The molecule has 0 spiro atoms. The van der Waals surface area contributed by atoms with Gasteiger partial charge in [0.25, 0.3) is 0 Å². The second-order valence-corrected chi connectivity index (χ2v) is 11.6. The Balaban J connectivity index is 1.50. The second-order valence-electron chi connectivity index (χ2n) is 11.6. The number of para-hydroxylation sites is 1. The fourth-order valence-electron chi connectivity index (χ4n) is 7.82.